The Hall–Kier alpha value is -3.27. The summed E-state index contributed by atoms with van der Waals surface area (Å²) < 4.78 is 7.15. The van der Waals surface area contributed by atoms with Gasteiger partial charge in [-0.2, -0.15) is 0 Å². The Morgan fingerprint density at radius 1 is 1.27 bits per heavy atom. The molecule has 5 heterocycles. The largest absolute Gasteiger partial charge is 0.459 e. The van der Waals surface area contributed by atoms with Crippen molar-refractivity contribution in [3.63, 3.8) is 0 Å². The van der Waals surface area contributed by atoms with Crippen molar-refractivity contribution in [2.24, 2.45) is 0 Å². The van der Waals surface area contributed by atoms with Gasteiger partial charge >= 0.3 is 0 Å². The zero-order valence-corrected chi connectivity index (χ0v) is 19.0. The Morgan fingerprint density at radius 2 is 2.15 bits per heavy atom. The van der Waals surface area contributed by atoms with Crippen molar-refractivity contribution < 1.29 is 18.8 Å². The molecule has 3 aromatic rings. The van der Waals surface area contributed by atoms with Crippen LogP contribution in [0.1, 0.15) is 34.7 Å². The van der Waals surface area contributed by atoms with Crippen LogP contribution in [0.2, 0.25) is 0 Å². The number of nitrogens with one attached hydrogen (secondary N) is 2. The highest BCUT2D eigenvalue weighted by Crippen LogP contribution is 2.36. The van der Waals surface area contributed by atoms with E-state index in [1.165, 1.54) is 6.26 Å². The molecular weight excluding hydrogens is 442 g/mol. The van der Waals surface area contributed by atoms with Gasteiger partial charge in [0, 0.05) is 36.8 Å². The highest BCUT2D eigenvalue weighted by atomic mass is 32.2. The van der Waals surface area contributed by atoms with Crippen molar-refractivity contribution in [2.75, 3.05) is 12.3 Å². The number of furan rings is 1. The number of rotatable bonds is 6. The molecule has 2 aliphatic heterocycles. The molecule has 0 spiro atoms. The summed E-state index contributed by atoms with van der Waals surface area (Å²) in [5, 5.41) is 5.70. The monoisotopic (exact) mass is 467 g/mol. The smallest absolute Gasteiger partial charge is 0.287 e. The van der Waals surface area contributed by atoms with E-state index < -0.39 is 18.0 Å². The summed E-state index contributed by atoms with van der Waals surface area (Å²) in [6.07, 6.45) is 7.17. The number of imidazole rings is 1. The number of aryl methyl sites for hydroxylation is 1. The molecule has 33 heavy (non-hydrogen) atoms. The van der Waals surface area contributed by atoms with Gasteiger partial charge in [0.1, 0.15) is 17.7 Å². The van der Waals surface area contributed by atoms with Crippen molar-refractivity contribution in [2.45, 2.75) is 43.6 Å². The molecule has 9 nitrogen and oxygen atoms in total. The number of amides is 3. The van der Waals surface area contributed by atoms with Gasteiger partial charge in [0.15, 0.2) is 5.76 Å². The van der Waals surface area contributed by atoms with Gasteiger partial charge in [-0.15, -0.1) is 11.8 Å². The van der Waals surface area contributed by atoms with Crippen LogP contribution in [0.4, 0.5) is 0 Å². The van der Waals surface area contributed by atoms with Crippen molar-refractivity contribution >= 4 is 35.1 Å². The van der Waals surface area contributed by atoms with Crippen LogP contribution in [0.3, 0.4) is 0 Å². The third-order valence-corrected chi connectivity index (χ3v) is 7.47. The second-order valence-corrected chi connectivity index (χ2v) is 9.57. The molecule has 0 saturated carbocycles. The number of pyridine rings is 1. The fourth-order valence-corrected chi connectivity index (χ4v) is 5.85. The number of hydrogen-bond donors (Lipinski definition) is 2. The van der Waals surface area contributed by atoms with E-state index in [2.05, 4.69) is 15.6 Å². The SMILES string of the molecule is Cc1ccc2ncc(CCNC(=O)[C@@H]3CS[C@H]4CC[C@H](NC(=O)c5ccco5)C(=O)N43)n2c1. The molecule has 0 radical (unpaired) electrons. The van der Waals surface area contributed by atoms with Crippen LogP contribution in [0.5, 0.6) is 0 Å². The molecule has 0 unspecified atom stereocenters. The standard InChI is InChI=1S/C23H25N5O4S/c1-14-4-6-19-25-11-15(27(19)12-14)8-9-24-21(29)17-13-33-20-7-5-16(23(31)28(17)20)26-22(30)18-3-2-10-32-18/h2-4,6,10-12,16-17,20H,5,7-9,13H2,1H3,(H,24,29)(H,26,30)/t16-,17-,20-/m0/s1. The van der Waals surface area contributed by atoms with Gasteiger partial charge in [0.25, 0.3) is 5.91 Å². The molecule has 5 rings (SSSR count). The summed E-state index contributed by atoms with van der Waals surface area (Å²) in [6, 6.07) is 5.96. The zero-order chi connectivity index (χ0) is 22.9. The van der Waals surface area contributed by atoms with Gasteiger partial charge in [0.05, 0.1) is 11.6 Å². The summed E-state index contributed by atoms with van der Waals surface area (Å²) in [5.41, 5.74) is 3.03. The summed E-state index contributed by atoms with van der Waals surface area (Å²) in [7, 11) is 0. The average molecular weight is 468 g/mol. The molecule has 2 aliphatic rings. The van der Waals surface area contributed by atoms with Gasteiger partial charge in [-0.25, -0.2) is 4.98 Å². The molecule has 172 valence electrons. The van der Waals surface area contributed by atoms with Crippen LogP contribution < -0.4 is 10.6 Å². The fraction of sp³-hybridized carbons (Fsp3) is 0.391. The number of aromatic nitrogens is 2. The lowest BCUT2D eigenvalue weighted by atomic mass is 10.0. The number of hydrogen-bond acceptors (Lipinski definition) is 6. The van der Waals surface area contributed by atoms with Crippen LogP contribution in [-0.4, -0.2) is 61.8 Å². The van der Waals surface area contributed by atoms with Gasteiger partial charge < -0.3 is 24.4 Å². The Labute approximate surface area is 194 Å². The van der Waals surface area contributed by atoms with E-state index in [-0.39, 0.29) is 22.9 Å². The summed E-state index contributed by atoms with van der Waals surface area (Å²) in [4.78, 5) is 44.5. The van der Waals surface area contributed by atoms with Gasteiger partial charge in [-0.3, -0.25) is 14.4 Å². The van der Waals surface area contributed by atoms with Gasteiger partial charge in [0.2, 0.25) is 11.8 Å². The van der Waals surface area contributed by atoms with Crippen molar-refractivity contribution in [3.8, 4) is 0 Å². The Kier molecular flexibility index (Phi) is 5.84. The number of carbonyl (C=O) groups excluding carboxylic acids is 3. The minimum atomic E-state index is -0.658. The average Bonchev–Trinajstić information content (AvgIpc) is 3.55. The van der Waals surface area contributed by atoms with E-state index in [1.807, 2.05) is 35.9 Å². The molecule has 3 aromatic heterocycles. The third-order valence-electron chi connectivity index (χ3n) is 6.11. The number of nitrogens with zero attached hydrogens (tertiary/aromatic N) is 3. The molecule has 2 fully saturated rings. The van der Waals surface area contributed by atoms with E-state index in [4.69, 9.17) is 4.42 Å². The third kappa shape index (κ3) is 4.22. The Morgan fingerprint density at radius 3 is 2.97 bits per heavy atom. The van der Waals surface area contributed by atoms with Gasteiger partial charge in [-0.05, 0) is 43.5 Å². The van der Waals surface area contributed by atoms with Crippen LogP contribution in [0, 0.1) is 6.92 Å². The molecule has 0 bridgehead atoms. The minimum Gasteiger partial charge on any atom is -0.459 e. The summed E-state index contributed by atoms with van der Waals surface area (Å²) in [5.74, 6) is -0.0870. The minimum absolute atomic E-state index is 0.0354. The number of carbonyl (C=O) groups is 3. The van der Waals surface area contributed by atoms with Crippen molar-refractivity contribution in [1.82, 2.24) is 24.9 Å². The summed E-state index contributed by atoms with van der Waals surface area (Å²) in [6.45, 7) is 2.48. The first-order chi connectivity index (χ1) is 16.0. The maximum absolute atomic E-state index is 13.1. The van der Waals surface area contributed by atoms with Crippen LogP contribution >= 0.6 is 11.8 Å². The van der Waals surface area contributed by atoms with E-state index in [0.717, 1.165) is 23.3 Å². The quantitative estimate of drug-likeness (QED) is 0.572. The van der Waals surface area contributed by atoms with Gasteiger partial charge in [-0.1, -0.05) is 6.07 Å². The second kappa shape index (κ2) is 8.93. The highest BCUT2D eigenvalue weighted by Gasteiger charge is 2.47. The van der Waals surface area contributed by atoms with E-state index in [0.29, 0.717) is 25.1 Å². The number of piperidine rings is 1. The lowest BCUT2D eigenvalue weighted by Crippen LogP contribution is -2.59. The predicted octanol–water partition coefficient (Wildman–Crippen LogP) is 1.76. The normalized spacial score (nSPS) is 22.4. The zero-order valence-electron chi connectivity index (χ0n) is 18.2. The first-order valence-electron chi connectivity index (χ1n) is 11.0. The van der Waals surface area contributed by atoms with E-state index in [1.54, 1.807) is 28.8 Å². The molecule has 0 aliphatic carbocycles. The second-order valence-electron chi connectivity index (χ2n) is 8.36. The van der Waals surface area contributed by atoms with E-state index in [9.17, 15) is 14.4 Å². The van der Waals surface area contributed by atoms with Crippen molar-refractivity contribution in [1.29, 1.82) is 0 Å². The Bertz CT molecular complexity index is 1190. The van der Waals surface area contributed by atoms with E-state index >= 15 is 0 Å². The molecule has 3 amide bonds. The maximum atomic E-state index is 13.1. The van der Waals surface area contributed by atoms with Crippen LogP contribution in [0.15, 0.2) is 47.3 Å². The first kappa shape index (κ1) is 21.6. The maximum Gasteiger partial charge on any atom is 0.287 e. The van der Waals surface area contributed by atoms with Crippen LogP contribution in [0.25, 0.3) is 5.65 Å². The molecule has 2 N–H and O–H groups in total. The lowest BCUT2D eigenvalue weighted by Gasteiger charge is -2.36. The number of fused-ring (bicyclic) bond motifs is 2. The molecule has 10 heteroatoms. The van der Waals surface area contributed by atoms with Crippen molar-refractivity contribution in [3.05, 3.63) is 59.9 Å². The van der Waals surface area contributed by atoms with Crippen LogP contribution in [-0.2, 0) is 16.0 Å². The first-order valence-corrected chi connectivity index (χ1v) is 12.0. The molecule has 0 aromatic carbocycles. The predicted molar refractivity (Wildman–Crippen MR) is 123 cm³/mol. The number of thioether (sulfide) groups is 1. The molecule has 2 saturated heterocycles. The highest BCUT2D eigenvalue weighted by molar-refractivity contribution is 8.00. The summed E-state index contributed by atoms with van der Waals surface area (Å²) >= 11 is 1.62. The molecule has 3 atom stereocenters. The lowest BCUT2D eigenvalue weighted by molar-refractivity contribution is -0.143. The molecular formula is C23H25N5O4S. The Balaban J connectivity index is 1.20. The topological polar surface area (TPSA) is 109 Å². The fourth-order valence-electron chi connectivity index (χ4n) is 4.42.